The molecule has 1 rings (SSSR count). The fourth-order valence-corrected chi connectivity index (χ4v) is 1.32. The van der Waals surface area contributed by atoms with E-state index in [0.29, 0.717) is 3.57 Å². The molecule has 0 aliphatic rings. The summed E-state index contributed by atoms with van der Waals surface area (Å²) in [6.07, 6.45) is 0. The Labute approximate surface area is 82.9 Å². The maximum Gasteiger partial charge on any atom is 0.178 e. The molecule has 0 saturated heterocycles. The fourth-order valence-electron chi connectivity index (χ4n) is 0.898. The number of methoxy groups -OCH3 is 1. The Morgan fingerprint density at radius 1 is 1.50 bits per heavy atom. The topological polar surface area (TPSA) is 9.23 Å². The molecule has 0 radical (unpaired) electrons. The molecule has 1 aromatic carbocycles. The summed E-state index contributed by atoms with van der Waals surface area (Å²) in [6, 6.07) is 3.04. The van der Waals surface area contributed by atoms with Gasteiger partial charge in [-0.25, -0.2) is 8.78 Å². The molecule has 0 saturated carbocycles. The van der Waals surface area contributed by atoms with Crippen molar-refractivity contribution in [2.45, 2.75) is 6.67 Å². The normalized spacial score (nSPS) is 10.0. The van der Waals surface area contributed by atoms with Crippen LogP contribution in [0.3, 0.4) is 0 Å². The van der Waals surface area contributed by atoms with Gasteiger partial charge in [-0.15, -0.1) is 0 Å². The van der Waals surface area contributed by atoms with Gasteiger partial charge < -0.3 is 4.74 Å². The molecule has 12 heavy (non-hydrogen) atoms. The van der Waals surface area contributed by atoms with E-state index in [1.807, 2.05) is 22.6 Å². The molecule has 0 spiro atoms. The van der Waals surface area contributed by atoms with Crippen LogP contribution in [-0.4, -0.2) is 7.11 Å². The summed E-state index contributed by atoms with van der Waals surface area (Å²) < 4.78 is 30.5. The molecule has 1 nitrogen and oxygen atoms in total. The van der Waals surface area contributed by atoms with Gasteiger partial charge in [0, 0.05) is 5.56 Å². The molecule has 0 heterocycles. The van der Waals surface area contributed by atoms with E-state index >= 15 is 0 Å². The van der Waals surface area contributed by atoms with Crippen LogP contribution >= 0.6 is 22.6 Å². The van der Waals surface area contributed by atoms with Gasteiger partial charge in [0.05, 0.1) is 10.7 Å². The zero-order chi connectivity index (χ0) is 9.14. The standard InChI is InChI=1S/C8H7F2IO/c1-12-8-5(4-9)2-3-6(11)7(8)10/h2-3H,4H2,1H3. The highest BCUT2D eigenvalue weighted by Gasteiger charge is 2.11. The Morgan fingerprint density at radius 2 is 2.17 bits per heavy atom. The van der Waals surface area contributed by atoms with Crippen molar-refractivity contribution in [1.82, 2.24) is 0 Å². The van der Waals surface area contributed by atoms with Crippen LogP contribution in [0.2, 0.25) is 0 Å². The number of rotatable bonds is 2. The van der Waals surface area contributed by atoms with Crippen LogP contribution in [0.25, 0.3) is 0 Å². The van der Waals surface area contributed by atoms with Gasteiger partial charge in [0.2, 0.25) is 0 Å². The minimum absolute atomic E-state index is 0.00407. The zero-order valence-corrected chi connectivity index (χ0v) is 8.56. The van der Waals surface area contributed by atoms with Crippen LogP contribution in [0.1, 0.15) is 5.56 Å². The van der Waals surface area contributed by atoms with E-state index in [0.717, 1.165) is 0 Å². The van der Waals surface area contributed by atoms with Crippen molar-refractivity contribution in [1.29, 1.82) is 0 Å². The van der Waals surface area contributed by atoms with Gasteiger partial charge in [-0.3, -0.25) is 0 Å². The smallest absolute Gasteiger partial charge is 0.178 e. The molecule has 0 atom stereocenters. The van der Waals surface area contributed by atoms with E-state index in [4.69, 9.17) is 4.74 Å². The van der Waals surface area contributed by atoms with Crippen LogP contribution in [0.4, 0.5) is 8.78 Å². The molecule has 0 aromatic heterocycles. The molecule has 4 heteroatoms. The lowest BCUT2D eigenvalue weighted by atomic mass is 10.2. The molecule has 1 aromatic rings. The maximum absolute atomic E-state index is 13.2. The minimum atomic E-state index is -0.711. The molecule has 0 fully saturated rings. The van der Waals surface area contributed by atoms with Crippen molar-refractivity contribution < 1.29 is 13.5 Å². The fraction of sp³-hybridized carbons (Fsp3) is 0.250. The van der Waals surface area contributed by atoms with E-state index in [1.54, 1.807) is 0 Å². The molecular weight excluding hydrogens is 277 g/mol. The maximum atomic E-state index is 13.2. The number of hydrogen-bond acceptors (Lipinski definition) is 1. The van der Waals surface area contributed by atoms with E-state index in [2.05, 4.69) is 0 Å². The summed E-state index contributed by atoms with van der Waals surface area (Å²) in [4.78, 5) is 0. The molecule has 0 amide bonds. The molecular formula is C8H7F2IO. The van der Waals surface area contributed by atoms with E-state index < -0.39 is 12.5 Å². The highest BCUT2D eigenvalue weighted by atomic mass is 127. The summed E-state index contributed by atoms with van der Waals surface area (Å²) in [5.41, 5.74) is 0.246. The molecule has 66 valence electrons. The number of hydrogen-bond donors (Lipinski definition) is 0. The summed E-state index contributed by atoms with van der Waals surface area (Å²) in [6.45, 7) is -0.711. The average Bonchev–Trinajstić information content (AvgIpc) is 2.09. The summed E-state index contributed by atoms with van der Waals surface area (Å²) in [5.74, 6) is -0.488. The number of alkyl halides is 1. The van der Waals surface area contributed by atoms with Crippen LogP contribution < -0.4 is 4.74 Å². The Morgan fingerprint density at radius 3 is 2.67 bits per heavy atom. The first-order chi connectivity index (χ1) is 5.70. The lowest BCUT2D eigenvalue weighted by Crippen LogP contribution is -1.95. The van der Waals surface area contributed by atoms with Gasteiger partial charge in [0.1, 0.15) is 6.67 Å². The third-order valence-corrected chi connectivity index (χ3v) is 2.31. The molecule has 0 unspecified atom stereocenters. The predicted octanol–water partition coefficient (Wildman–Crippen LogP) is 2.91. The van der Waals surface area contributed by atoms with Gasteiger partial charge in [-0.05, 0) is 28.7 Å². The third-order valence-electron chi connectivity index (χ3n) is 1.48. The summed E-state index contributed by atoms with van der Waals surface area (Å²) in [7, 11) is 1.33. The molecule has 0 bridgehead atoms. The van der Waals surface area contributed by atoms with Crippen molar-refractivity contribution in [2.24, 2.45) is 0 Å². The quantitative estimate of drug-likeness (QED) is 0.759. The lowest BCUT2D eigenvalue weighted by Gasteiger charge is -2.06. The monoisotopic (exact) mass is 284 g/mol. The second kappa shape index (κ2) is 4.02. The Bertz CT molecular complexity index is 289. The summed E-state index contributed by atoms with van der Waals surface area (Å²) in [5, 5.41) is 0. The average molecular weight is 284 g/mol. The molecule has 0 aliphatic heterocycles. The van der Waals surface area contributed by atoms with Crippen LogP contribution in [-0.2, 0) is 6.67 Å². The van der Waals surface area contributed by atoms with E-state index in [-0.39, 0.29) is 11.3 Å². The van der Waals surface area contributed by atoms with Crippen molar-refractivity contribution in [3.63, 3.8) is 0 Å². The third kappa shape index (κ3) is 1.68. The zero-order valence-electron chi connectivity index (χ0n) is 6.40. The van der Waals surface area contributed by atoms with Gasteiger partial charge >= 0.3 is 0 Å². The van der Waals surface area contributed by atoms with Crippen LogP contribution in [0.15, 0.2) is 12.1 Å². The van der Waals surface area contributed by atoms with Gasteiger partial charge in [-0.1, -0.05) is 6.07 Å². The minimum Gasteiger partial charge on any atom is -0.493 e. The first-order valence-electron chi connectivity index (χ1n) is 3.27. The van der Waals surface area contributed by atoms with E-state index in [1.165, 1.54) is 19.2 Å². The van der Waals surface area contributed by atoms with Crippen molar-refractivity contribution in [3.8, 4) is 5.75 Å². The number of benzene rings is 1. The van der Waals surface area contributed by atoms with Crippen LogP contribution in [0, 0.1) is 9.39 Å². The summed E-state index contributed by atoms with van der Waals surface area (Å²) >= 11 is 1.83. The highest BCUT2D eigenvalue weighted by Crippen LogP contribution is 2.26. The molecule has 0 aliphatic carbocycles. The van der Waals surface area contributed by atoms with Gasteiger partial charge in [0.15, 0.2) is 11.6 Å². The van der Waals surface area contributed by atoms with Crippen molar-refractivity contribution in [2.75, 3.05) is 7.11 Å². The van der Waals surface area contributed by atoms with Crippen molar-refractivity contribution >= 4 is 22.6 Å². The molecule has 0 N–H and O–H groups in total. The van der Waals surface area contributed by atoms with Gasteiger partial charge in [0.25, 0.3) is 0 Å². The second-order valence-electron chi connectivity index (χ2n) is 2.19. The number of ether oxygens (including phenoxy) is 1. The number of halogens is 3. The largest absolute Gasteiger partial charge is 0.493 e. The Kier molecular flexibility index (Phi) is 3.25. The lowest BCUT2D eigenvalue weighted by molar-refractivity contribution is 0.368. The SMILES string of the molecule is COc1c(CF)ccc(I)c1F. The highest BCUT2D eigenvalue weighted by molar-refractivity contribution is 14.1. The van der Waals surface area contributed by atoms with E-state index in [9.17, 15) is 8.78 Å². The predicted molar refractivity (Wildman–Crippen MR) is 50.5 cm³/mol. The Balaban J connectivity index is 3.25. The Hall–Kier alpha value is -0.390. The van der Waals surface area contributed by atoms with Crippen LogP contribution in [0.5, 0.6) is 5.75 Å². The first kappa shape index (κ1) is 9.70. The first-order valence-corrected chi connectivity index (χ1v) is 4.35. The van der Waals surface area contributed by atoms with Crippen molar-refractivity contribution in [3.05, 3.63) is 27.1 Å². The second-order valence-corrected chi connectivity index (χ2v) is 3.35. The van der Waals surface area contributed by atoms with Gasteiger partial charge in [-0.2, -0.15) is 0 Å².